The van der Waals surface area contributed by atoms with Crippen molar-refractivity contribution in [1.29, 1.82) is 0 Å². The van der Waals surface area contributed by atoms with Gasteiger partial charge in [-0.05, 0) is 30.8 Å². The van der Waals surface area contributed by atoms with Crippen LogP contribution >= 0.6 is 0 Å². The number of rotatable bonds is 5. The van der Waals surface area contributed by atoms with Crippen LogP contribution in [0.1, 0.15) is 5.69 Å². The average molecular weight is 259 g/mol. The molecule has 1 aromatic carbocycles. The van der Waals surface area contributed by atoms with Gasteiger partial charge in [0.2, 0.25) is 0 Å². The van der Waals surface area contributed by atoms with E-state index in [0.29, 0.717) is 12.3 Å². The molecule has 0 saturated carbocycles. The van der Waals surface area contributed by atoms with Crippen LogP contribution in [0, 0.1) is 0 Å². The molecule has 2 aromatic rings. The summed E-state index contributed by atoms with van der Waals surface area (Å²) in [5.74, 6) is 1.45. The fourth-order valence-corrected chi connectivity index (χ4v) is 1.79. The van der Waals surface area contributed by atoms with Gasteiger partial charge in [0, 0.05) is 18.1 Å². The predicted molar refractivity (Wildman–Crippen MR) is 73.3 cm³/mol. The van der Waals surface area contributed by atoms with Crippen molar-refractivity contribution in [2.45, 2.75) is 6.42 Å². The lowest BCUT2D eigenvalue weighted by Crippen LogP contribution is -2.05. The minimum absolute atomic E-state index is 0.569. The normalized spacial score (nSPS) is 10.3. The molecule has 0 saturated heterocycles. The summed E-state index contributed by atoms with van der Waals surface area (Å²) >= 11 is 0. The van der Waals surface area contributed by atoms with Crippen LogP contribution in [0.25, 0.3) is 11.3 Å². The van der Waals surface area contributed by atoms with E-state index < -0.39 is 0 Å². The molecule has 5 nitrogen and oxygen atoms in total. The van der Waals surface area contributed by atoms with Crippen molar-refractivity contribution in [3.63, 3.8) is 0 Å². The quantitative estimate of drug-likeness (QED) is 0.884. The van der Waals surface area contributed by atoms with Gasteiger partial charge in [0.15, 0.2) is 0 Å². The summed E-state index contributed by atoms with van der Waals surface area (Å²) in [6.45, 7) is 0.569. The first kappa shape index (κ1) is 13.3. The summed E-state index contributed by atoms with van der Waals surface area (Å²) in [5.41, 5.74) is 8.02. The van der Waals surface area contributed by atoms with Crippen molar-refractivity contribution in [3.8, 4) is 22.8 Å². The largest absolute Gasteiger partial charge is 0.497 e. The molecule has 0 spiro atoms. The molecule has 5 heteroatoms. The third-order valence-corrected chi connectivity index (χ3v) is 2.80. The van der Waals surface area contributed by atoms with Crippen molar-refractivity contribution in [3.05, 3.63) is 36.0 Å². The molecule has 0 fully saturated rings. The molecular weight excluding hydrogens is 242 g/mol. The van der Waals surface area contributed by atoms with Gasteiger partial charge in [-0.1, -0.05) is 0 Å². The molecule has 19 heavy (non-hydrogen) atoms. The maximum atomic E-state index is 5.49. The number of nitrogens with zero attached hydrogens (tertiary/aromatic N) is 2. The maximum Gasteiger partial charge on any atom is 0.132 e. The summed E-state index contributed by atoms with van der Waals surface area (Å²) in [5, 5.41) is 8.35. The van der Waals surface area contributed by atoms with Crippen LogP contribution in [0.2, 0.25) is 0 Å². The van der Waals surface area contributed by atoms with Gasteiger partial charge < -0.3 is 15.2 Å². The van der Waals surface area contributed by atoms with Crippen molar-refractivity contribution >= 4 is 0 Å². The Kier molecular flexibility index (Phi) is 4.30. The van der Waals surface area contributed by atoms with Gasteiger partial charge in [-0.15, -0.1) is 0 Å². The molecule has 1 aromatic heterocycles. The van der Waals surface area contributed by atoms with Crippen molar-refractivity contribution in [1.82, 2.24) is 10.2 Å². The number of ether oxygens (including phenoxy) is 2. The second-order valence-electron chi connectivity index (χ2n) is 4.01. The minimum atomic E-state index is 0.569. The van der Waals surface area contributed by atoms with E-state index in [1.807, 2.05) is 30.3 Å². The summed E-state index contributed by atoms with van der Waals surface area (Å²) in [7, 11) is 3.24. The first-order chi connectivity index (χ1) is 9.28. The molecule has 0 bridgehead atoms. The van der Waals surface area contributed by atoms with E-state index in [1.54, 1.807) is 14.2 Å². The molecule has 1 heterocycles. The highest BCUT2D eigenvalue weighted by Crippen LogP contribution is 2.31. The van der Waals surface area contributed by atoms with Crippen LogP contribution in [0.15, 0.2) is 30.3 Å². The lowest BCUT2D eigenvalue weighted by atomic mass is 10.1. The number of hydrogen-bond donors (Lipinski definition) is 1. The van der Waals surface area contributed by atoms with E-state index in [9.17, 15) is 0 Å². The van der Waals surface area contributed by atoms with Crippen LogP contribution in [0.4, 0.5) is 0 Å². The van der Waals surface area contributed by atoms with E-state index in [4.69, 9.17) is 15.2 Å². The van der Waals surface area contributed by atoms with Gasteiger partial charge in [0.05, 0.1) is 25.6 Å². The predicted octanol–water partition coefficient (Wildman–Crippen LogP) is 1.66. The Bertz CT molecular complexity index is 541. The third kappa shape index (κ3) is 3.00. The lowest BCUT2D eigenvalue weighted by Gasteiger charge is -2.09. The third-order valence-electron chi connectivity index (χ3n) is 2.80. The molecule has 0 atom stereocenters. The minimum Gasteiger partial charge on any atom is -0.497 e. The molecule has 0 radical (unpaired) electrons. The molecule has 0 aliphatic rings. The smallest absolute Gasteiger partial charge is 0.132 e. The van der Waals surface area contributed by atoms with Crippen LogP contribution in [-0.2, 0) is 6.42 Å². The highest BCUT2D eigenvalue weighted by molar-refractivity contribution is 5.68. The SMILES string of the molecule is COc1ccc(-c2ccc(CCN)nn2)c(OC)c1. The standard InChI is InChI=1S/C14H17N3O2/c1-18-11-4-5-12(14(9-11)19-2)13-6-3-10(7-8-15)16-17-13/h3-6,9H,7-8,15H2,1-2H3. The van der Waals surface area contributed by atoms with Gasteiger partial charge in [-0.25, -0.2) is 0 Å². The molecule has 0 amide bonds. The molecule has 0 aliphatic heterocycles. The van der Waals surface area contributed by atoms with Crippen molar-refractivity contribution in [2.24, 2.45) is 5.73 Å². The van der Waals surface area contributed by atoms with Crippen molar-refractivity contribution < 1.29 is 9.47 Å². The zero-order valence-corrected chi connectivity index (χ0v) is 11.1. The lowest BCUT2D eigenvalue weighted by molar-refractivity contribution is 0.395. The molecule has 0 aliphatic carbocycles. The van der Waals surface area contributed by atoms with E-state index in [0.717, 1.165) is 29.1 Å². The average Bonchev–Trinajstić information content (AvgIpc) is 2.48. The number of methoxy groups -OCH3 is 2. The first-order valence-electron chi connectivity index (χ1n) is 6.03. The van der Waals surface area contributed by atoms with Gasteiger partial charge in [-0.2, -0.15) is 10.2 Å². The van der Waals surface area contributed by atoms with E-state index in [1.165, 1.54) is 0 Å². The topological polar surface area (TPSA) is 70.3 Å². The zero-order chi connectivity index (χ0) is 13.7. The Morgan fingerprint density at radius 1 is 1.05 bits per heavy atom. The molecule has 100 valence electrons. The number of aromatic nitrogens is 2. The Labute approximate surface area is 112 Å². The Morgan fingerprint density at radius 2 is 1.89 bits per heavy atom. The second-order valence-corrected chi connectivity index (χ2v) is 4.01. The Hall–Kier alpha value is -2.14. The van der Waals surface area contributed by atoms with Crippen LogP contribution < -0.4 is 15.2 Å². The molecule has 2 rings (SSSR count). The van der Waals surface area contributed by atoms with Gasteiger partial charge in [0.1, 0.15) is 11.5 Å². The van der Waals surface area contributed by atoms with Crippen LogP contribution in [0.5, 0.6) is 11.5 Å². The molecular formula is C14H17N3O2. The Balaban J connectivity index is 2.35. The monoisotopic (exact) mass is 259 g/mol. The fourth-order valence-electron chi connectivity index (χ4n) is 1.79. The van der Waals surface area contributed by atoms with E-state index in [2.05, 4.69) is 10.2 Å². The highest BCUT2D eigenvalue weighted by Gasteiger charge is 2.09. The van der Waals surface area contributed by atoms with Crippen molar-refractivity contribution in [2.75, 3.05) is 20.8 Å². The maximum absolute atomic E-state index is 5.49. The van der Waals surface area contributed by atoms with Gasteiger partial charge in [-0.3, -0.25) is 0 Å². The molecule has 0 unspecified atom stereocenters. The first-order valence-corrected chi connectivity index (χ1v) is 6.03. The highest BCUT2D eigenvalue weighted by atomic mass is 16.5. The summed E-state index contributed by atoms with van der Waals surface area (Å²) in [6.07, 6.45) is 0.729. The fraction of sp³-hybridized carbons (Fsp3) is 0.286. The zero-order valence-electron chi connectivity index (χ0n) is 11.1. The van der Waals surface area contributed by atoms with E-state index in [-0.39, 0.29) is 0 Å². The number of hydrogen-bond acceptors (Lipinski definition) is 5. The summed E-state index contributed by atoms with van der Waals surface area (Å²) in [6, 6.07) is 9.45. The summed E-state index contributed by atoms with van der Waals surface area (Å²) < 4.78 is 10.5. The van der Waals surface area contributed by atoms with Gasteiger partial charge >= 0.3 is 0 Å². The second kappa shape index (κ2) is 6.15. The number of benzene rings is 1. The van der Waals surface area contributed by atoms with Crippen LogP contribution in [-0.4, -0.2) is 31.0 Å². The number of nitrogens with two attached hydrogens (primary N) is 1. The Morgan fingerprint density at radius 3 is 2.47 bits per heavy atom. The van der Waals surface area contributed by atoms with Crippen LogP contribution in [0.3, 0.4) is 0 Å². The summed E-state index contributed by atoms with van der Waals surface area (Å²) in [4.78, 5) is 0. The molecule has 2 N–H and O–H groups in total. The van der Waals surface area contributed by atoms with E-state index >= 15 is 0 Å². The van der Waals surface area contributed by atoms with Gasteiger partial charge in [0.25, 0.3) is 0 Å².